The predicted octanol–water partition coefficient (Wildman–Crippen LogP) is -0.402. The molecule has 24 heavy (non-hydrogen) atoms. The third-order valence-electron chi connectivity index (χ3n) is 2.98. The van der Waals surface area contributed by atoms with Crippen molar-refractivity contribution in [1.82, 2.24) is 10.2 Å². The van der Waals surface area contributed by atoms with Crippen molar-refractivity contribution in [3.8, 4) is 0 Å². The van der Waals surface area contributed by atoms with Gasteiger partial charge < -0.3 is 15.0 Å². The van der Waals surface area contributed by atoms with E-state index in [4.69, 9.17) is 0 Å². The minimum atomic E-state index is -3.58. The van der Waals surface area contributed by atoms with E-state index in [1.54, 1.807) is 32.3 Å². The highest BCUT2D eigenvalue weighted by molar-refractivity contribution is 7.91. The smallest absolute Gasteiger partial charge is 0.307 e. The van der Waals surface area contributed by atoms with E-state index in [1.807, 2.05) is 0 Å². The third-order valence-corrected chi connectivity index (χ3v) is 4.71. The molecule has 132 valence electrons. The normalized spacial score (nSPS) is 10.8. The number of esters is 1. The number of likely N-dealkylation sites (N-methyl/N-ethyl adjacent to an activating group) is 1. The number of nitrogens with zero attached hydrogens (tertiary/aromatic N) is 1. The highest BCUT2D eigenvalue weighted by Gasteiger charge is 2.17. The molecule has 8 nitrogen and oxygen atoms in total. The van der Waals surface area contributed by atoms with E-state index in [1.165, 1.54) is 17.0 Å². The molecule has 9 heteroatoms. The van der Waals surface area contributed by atoms with Crippen molar-refractivity contribution in [2.45, 2.75) is 11.3 Å². The number of benzene rings is 1. The average Bonchev–Trinajstić information content (AvgIpc) is 2.56. The van der Waals surface area contributed by atoms with Crippen molar-refractivity contribution in [3.63, 3.8) is 0 Å². The van der Waals surface area contributed by atoms with Crippen LogP contribution in [-0.4, -0.2) is 64.1 Å². The van der Waals surface area contributed by atoms with Crippen LogP contribution in [0, 0.1) is 0 Å². The Labute approximate surface area is 140 Å². The average molecular weight is 356 g/mol. The van der Waals surface area contributed by atoms with Gasteiger partial charge in [0.25, 0.3) is 5.91 Å². The highest BCUT2D eigenvalue weighted by atomic mass is 32.2. The maximum absolute atomic E-state index is 12.0. The molecule has 1 rings (SSSR count). The molecule has 0 spiro atoms. The number of hydrogen-bond acceptors (Lipinski definition) is 6. The van der Waals surface area contributed by atoms with Crippen LogP contribution in [0.25, 0.3) is 0 Å². The molecule has 0 aromatic heterocycles. The van der Waals surface area contributed by atoms with E-state index in [2.05, 4.69) is 10.1 Å². The monoisotopic (exact) mass is 356 g/mol. The van der Waals surface area contributed by atoms with Gasteiger partial charge in [0.15, 0.2) is 16.4 Å². The van der Waals surface area contributed by atoms with Crippen LogP contribution in [0.3, 0.4) is 0 Å². The summed E-state index contributed by atoms with van der Waals surface area (Å²) in [5.41, 5.74) is 0. The largest absolute Gasteiger partial charge is 0.456 e. The van der Waals surface area contributed by atoms with Gasteiger partial charge in [-0.3, -0.25) is 14.4 Å². The lowest BCUT2D eigenvalue weighted by molar-refractivity contribution is -0.148. The van der Waals surface area contributed by atoms with E-state index in [0.717, 1.165) is 0 Å². The molecule has 0 saturated heterocycles. The van der Waals surface area contributed by atoms with Gasteiger partial charge in [-0.15, -0.1) is 0 Å². The Bertz CT molecular complexity index is 685. The van der Waals surface area contributed by atoms with Crippen LogP contribution in [0.5, 0.6) is 0 Å². The zero-order valence-corrected chi connectivity index (χ0v) is 14.3. The fourth-order valence-corrected chi connectivity index (χ4v) is 2.81. The molecule has 0 atom stereocenters. The van der Waals surface area contributed by atoms with E-state index in [-0.39, 0.29) is 23.8 Å². The lowest BCUT2D eigenvalue weighted by atomic mass is 10.4. The van der Waals surface area contributed by atoms with E-state index in [9.17, 15) is 22.8 Å². The molecule has 0 aliphatic rings. The Morgan fingerprint density at radius 1 is 1.12 bits per heavy atom. The molecule has 1 aromatic rings. The first kappa shape index (κ1) is 19.6. The Morgan fingerprint density at radius 3 is 2.33 bits per heavy atom. The number of nitrogens with one attached hydrogen (secondary N) is 1. The third kappa shape index (κ3) is 6.78. The second kappa shape index (κ2) is 9.02. The molecule has 0 saturated carbocycles. The minimum Gasteiger partial charge on any atom is -0.456 e. The van der Waals surface area contributed by atoms with Gasteiger partial charge in [-0.05, 0) is 12.1 Å². The lowest BCUT2D eigenvalue weighted by Crippen LogP contribution is -2.38. The summed E-state index contributed by atoms with van der Waals surface area (Å²) in [7, 11) is -0.490. The summed E-state index contributed by atoms with van der Waals surface area (Å²) < 4.78 is 28.7. The topological polar surface area (TPSA) is 110 Å². The first-order valence-electron chi connectivity index (χ1n) is 7.12. The molecule has 0 aliphatic heterocycles. The van der Waals surface area contributed by atoms with Crippen molar-refractivity contribution in [3.05, 3.63) is 30.3 Å². The summed E-state index contributed by atoms with van der Waals surface area (Å²) in [5.74, 6) is -2.15. The molecule has 0 fully saturated rings. The molecule has 0 heterocycles. The van der Waals surface area contributed by atoms with Crippen molar-refractivity contribution in [2.75, 3.05) is 33.0 Å². The molecule has 0 bridgehead atoms. The highest BCUT2D eigenvalue weighted by Crippen LogP contribution is 2.11. The van der Waals surface area contributed by atoms with Gasteiger partial charge in [-0.1, -0.05) is 18.2 Å². The second-order valence-corrected chi connectivity index (χ2v) is 7.22. The predicted molar refractivity (Wildman–Crippen MR) is 85.8 cm³/mol. The number of carbonyl (C=O) groups excluding carboxylic acids is 3. The van der Waals surface area contributed by atoms with Crippen LogP contribution in [0.1, 0.15) is 6.42 Å². The van der Waals surface area contributed by atoms with Crippen LogP contribution in [0.4, 0.5) is 0 Å². The van der Waals surface area contributed by atoms with Gasteiger partial charge in [0, 0.05) is 14.1 Å². The standard InChI is InChI=1S/C15H20N2O6S/c1-17(2)14(19)10-16-13(18)11-23-15(20)8-9-24(21,22)12-6-4-3-5-7-12/h3-7H,8-11H2,1-2H3,(H,16,18). The van der Waals surface area contributed by atoms with Gasteiger partial charge in [0.1, 0.15) is 0 Å². The van der Waals surface area contributed by atoms with Gasteiger partial charge >= 0.3 is 5.97 Å². The minimum absolute atomic E-state index is 0.123. The van der Waals surface area contributed by atoms with Crippen molar-refractivity contribution in [1.29, 1.82) is 0 Å². The van der Waals surface area contributed by atoms with Gasteiger partial charge in [-0.25, -0.2) is 8.42 Å². The van der Waals surface area contributed by atoms with Gasteiger partial charge in [0.05, 0.1) is 23.6 Å². The number of sulfone groups is 1. The fraction of sp³-hybridized carbons (Fsp3) is 0.400. The van der Waals surface area contributed by atoms with Crippen LogP contribution >= 0.6 is 0 Å². The summed E-state index contributed by atoms with van der Waals surface area (Å²) in [6.45, 7) is -0.767. The molecule has 2 amide bonds. The van der Waals surface area contributed by atoms with E-state index < -0.39 is 34.1 Å². The van der Waals surface area contributed by atoms with Gasteiger partial charge in [-0.2, -0.15) is 0 Å². The number of carbonyl (C=O) groups is 3. The SMILES string of the molecule is CN(C)C(=O)CNC(=O)COC(=O)CCS(=O)(=O)c1ccccc1. The van der Waals surface area contributed by atoms with Crippen molar-refractivity contribution < 1.29 is 27.5 Å². The summed E-state index contributed by atoms with van der Waals surface area (Å²) in [5, 5.41) is 2.29. The quantitative estimate of drug-likeness (QED) is 0.635. The van der Waals surface area contributed by atoms with Crippen molar-refractivity contribution >= 4 is 27.6 Å². The zero-order valence-electron chi connectivity index (χ0n) is 13.5. The fourth-order valence-electron chi connectivity index (χ4n) is 1.56. The summed E-state index contributed by atoms with van der Waals surface area (Å²) >= 11 is 0. The van der Waals surface area contributed by atoms with Crippen LogP contribution in [-0.2, 0) is 29.0 Å². The molecule has 0 aliphatic carbocycles. The molecular formula is C15H20N2O6S. The Hall–Kier alpha value is -2.42. The Balaban J connectivity index is 2.34. The van der Waals surface area contributed by atoms with Crippen LogP contribution in [0.2, 0.25) is 0 Å². The maximum Gasteiger partial charge on any atom is 0.307 e. The molecule has 1 aromatic carbocycles. The number of amides is 2. The van der Waals surface area contributed by atoms with E-state index in [0.29, 0.717) is 0 Å². The maximum atomic E-state index is 12.0. The lowest BCUT2D eigenvalue weighted by Gasteiger charge is -2.11. The molecule has 1 N–H and O–H groups in total. The van der Waals surface area contributed by atoms with Crippen LogP contribution in [0.15, 0.2) is 35.2 Å². The molecular weight excluding hydrogens is 336 g/mol. The first-order valence-corrected chi connectivity index (χ1v) is 8.78. The Morgan fingerprint density at radius 2 is 1.75 bits per heavy atom. The van der Waals surface area contributed by atoms with E-state index >= 15 is 0 Å². The number of ether oxygens (including phenoxy) is 1. The molecule has 0 unspecified atom stereocenters. The summed E-state index contributed by atoms with van der Waals surface area (Å²) in [4.78, 5) is 35.6. The van der Waals surface area contributed by atoms with Crippen LogP contribution < -0.4 is 5.32 Å². The first-order chi connectivity index (χ1) is 11.2. The second-order valence-electron chi connectivity index (χ2n) is 5.11. The summed E-state index contributed by atoms with van der Waals surface area (Å²) in [6, 6.07) is 7.74. The van der Waals surface area contributed by atoms with Gasteiger partial charge in [0.2, 0.25) is 5.91 Å². The number of rotatable bonds is 8. The molecule has 0 radical (unpaired) electrons. The summed E-state index contributed by atoms with van der Waals surface area (Å²) in [6.07, 6.45) is -0.360. The zero-order chi connectivity index (χ0) is 18.2. The Kier molecular flexibility index (Phi) is 7.37. The number of hydrogen-bond donors (Lipinski definition) is 1. The van der Waals surface area contributed by atoms with Crippen molar-refractivity contribution in [2.24, 2.45) is 0 Å².